The Hall–Kier alpha value is 0.260. The van der Waals surface area contributed by atoms with Crippen LogP contribution in [-0.2, 0) is 9.84 Å². The topological polar surface area (TPSA) is 73.8 Å². The summed E-state index contributed by atoms with van der Waals surface area (Å²) in [5, 5.41) is 6.59. The van der Waals surface area contributed by atoms with Gasteiger partial charge < -0.3 is 10.6 Å². The first-order chi connectivity index (χ1) is 9.78. The van der Waals surface area contributed by atoms with E-state index in [0.717, 1.165) is 25.6 Å². The third-order valence-electron chi connectivity index (χ3n) is 3.62. The lowest BCUT2D eigenvalue weighted by Crippen LogP contribution is -2.47. The van der Waals surface area contributed by atoms with Crippen LogP contribution in [0.15, 0.2) is 4.99 Å². The van der Waals surface area contributed by atoms with Gasteiger partial charge in [0, 0.05) is 44.5 Å². The second-order valence-electron chi connectivity index (χ2n) is 5.81. The van der Waals surface area contributed by atoms with E-state index < -0.39 is 9.84 Å². The van der Waals surface area contributed by atoms with Gasteiger partial charge in [-0.3, -0.25) is 9.89 Å². The highest BCUT2D eigenvalue weighted by molar-refractivity contribution is 14.0. The number of hydrogen-bond donors (Lipinski definition) is 2. The molecule has 0 aliphatic carbocycles. The van der Waals surface area contributed by atoms with Gasteiger partial charge in [0.05, 0.1) is 11.5 Å². The second kappa shape index (κ2) is 10.2. The zero-order chi connectivity index (χ0) is 15.9. The largest absolute Gasteiger partial charge is 0.355 e. The summed E-state index contributed by atoms with van der Waals surface area (Å²) in [6, 6.07) is 0. The first-order valence-corrected chi connectivity index (χ1v) is 10.2. The summed E-state index contributed by atoms with van der Waals surface area (Å²) in [5.74, 6) is 1.35. The van der Waals surface area contributed by atoms with Gasteiger partial charge in [0.1, 0.15) is 0 Å². The quantitative estimate of drug-likeness (QED) is 0.342. The molecule has 0 bridgehead atoms. The maximum absolute atomic E-state index is 11.4. The van der Waals surface area contributed by atoms with Crippen LogP contribution in [0.3, 0.4) is 0 Å². The van der Waals surface area contributed by atoms with Crippen molar-refractivity contribution >= 4 is 51.5 Å². The Morgan fingerprint density at radius 1 is 1.27 bits per heavy atom. The van der Waals surface area contributed by atoms with Crippen molar-refractivity contribution in [1.29, 1.82) is 0 Å². The zero-order valence-corrected chi connectivity index (χ0v) is 17.8. The van der Waals surface area contributed by atoms with Crippen molar-refractivity contribution in [2.75, 3.05) is 57.5 Å². The Bertz CT molecular complexity index is 441. The molecule has 0 radical (unpaired) electrons. The van der Waals surface area contributed by atoms with Gasteiger partial charge >= 0.3 is 0 Å². The molecule has 1 heterocycles. The minimum Gasteiger partial charge on any atom is -0.355 e. The van der Waals surface area contributed by atoms with Gasteiger partial charge in [0.25, 0.3) is 0 Å². The number of sulfone groups is 1. The Kier molecular flexibility index (Phi) is 10.3. The number of aliphatic imine (C=N–C) groups is 1. The molecule has 9 heteroatoms. The molecule has 22 heavy (non-hydrogen) atoms. The van der Waals surface area contributed by atoms with Crippen molar-refractivity contribution in [1.82, 2.24) is 15.5 Å². The smallest absolute Gasteiger partial charge is 0.191 e. The summed E-state index contributed by atoms with van der Waals surface area (Å²) in [5.41, 5.74) is 0. The summed E-state index contributed by atoms with van der Waals surface area (Å²) in [6.07, 6.45) is 2.10. The van der Waals surface area contributed by atoms with E-state index in [-0.39, 0.29) is 40.2 Å². The van der Waals surface area contributed by atoms with Crippen molar-refractivity contribution in [3.05, 3.63) is 0 Å². The van der Waals surface area contributed by atoms with Gasteiger partial charge in [-0.15, -0.1) is 24.0 Å². The summed E-state index contributed by atoms with van der Waals surface area (Å²) < 4.78 is 22.9. The molecule has 0 aromatic carbocycles. The van der Waals surface area contributed by atoms with Gasteiger partial charge in [-0.25, -0.2) is 8.42 Å². The molecular formula is C13H29IN4O2S2. The molecule has 0 unspecified atom stereocenters. The number of nitrogens with zero attached hydrogens (tertiary/aromatic N) is 2. The maximum atomic E-state index is 11.4. The van der Waals surface area contributed by atoms with Crippen molar-refractivity contribution in [3.63, 3.8) is 0 Å². The number of rotatable bonds is 6. The van der Waals surface area contributed by atoms with Crippen molar-refractivity contribution < 1.29 is 8.42 Å². The average Bonchev–Trinajstić information content (AvgIpc) is 2.44. The Labute approximate surface area is 156 Å². The zero-order valence-electron chi connectivity index (χ0n) is 13.9. The van der Waals surface area contributed by atoms with Gasteiger partial charge in [-0.2, -0.15) is 11.8 Å². The van der Waals surface area contributed by atoms with Crippen LogP contribution >= 0.6 is 35.7 Å². The summed E-state index contributed by atoms with van der Waals surface area (Å²) in [4.78, 5) is 6.38. The monoisotopic (exact) mass is 464 g/mol. The van der Waals surface area contributed by atoms with E-state index >= 15 is 0 Å². The molecule has 0 atom stereocenters. The van der Waals surface area contributed by atoms with Gasteiger partial charge in [0.15, 0.2) is 15.8 Å². The number of halogens is 1. The molecule has 0 aromatic rings. The number of guanidine groups is 1. The highest BCUT2D eigenvalue weighted by Gasteiger charge is 2.21. The third kappa shape index (κ3) is 8.78. The molecular weight excluding hydrogens is 435 g/mol. The van der Waals surface area contributed by atoms with E-state index in [1.807, 2.05) is 11.8 Å². The van der Waals surface area contributed by atoms with Crippen LogP contribution in [0.4, 0.5) is 0 Å². The van der Waals surface area contributed by atoms with E-state index in [1.54, 1.807) is 7.05 Å². The molecule has 0 spiro atoms. The van der Waals surface area contributed by atoms with Crippen LogP contribution in [0.5, 0.6) is 0 Å². The molecule has 1 fully saturated rings. The van der Waals surface area contributed by atoms with Crippen LogP contribution in [0.2, 0.25) is 0 Å². The van der Waals surface area contributed by atoms with E-state index in [4.69, 9.17) is 0 Å². The fourth-order valence-corrected chi connectivity index (χ4v) is 3.39. The molecule has 1 aliphatic heterocycles. The first kappa shape index (κ1) is 22.3. The molecule has 132 valence electrons. The van der Waals surface area contributed by atoms with Gasteiger partial charge in [-0.05, 0) is 20.1 Å². The molecule has 1 aliphatic rings. The fraction of sp³-hybridized carbons (Fsp3) is 0.923. The molecule has 1 rings (SSSR count). The average molecular weight is 464 g/mol. The van der Waals surface area contributed by atoms with Crippen LogP contribution in [0.25, 0.3) is 0 Å². The Balaban J connectivity index is 0.00000441. The Morgan fingerprint density at radius 2 is 1.86 bits per heavy atom. The minimum absolute atomic E-state index is 0. The number of hydrogen-bond acceptors (Lipinski definition) is 5. The second-order valence-corrected chi connectivity index (χ2v) is 9.63. The van der Waals surface area contributed by atoms with Crippen LogP contribution in [-0.4, -0.2) is 81.6 Å². The van der Waals surface area contributed by atoms with E-state index in [1.165, 1.54) is 0 Å². The van der Waals surface area contributed by atoms with Crippen LogP contribution in [0, 0.1) is 0 Å². The predicted molar refractivity (Wildman–Crippen MR) is 107 cm³/mol. The lowest BCUT2D eigenvalue weighted by atomic mass is 10.2. The van der Waals surface area contributed by atoms with Crippen molar-refractivity contribution in [2.24, 2.45) is 4.99 Å². The molecule has 2 N–H and O–H groups in total. The van der Waals surface area contributed by atoms with Crippen LogP contribution < -0.4 is 10.6 Å². The highest BCUT2D eigenvalue weighted by atomic mass is 127. The van der Waals surface area contributed by atoms with Crippen molar-refractivity contribution in [2.45, 2.75) is 18.6 Å². The standard InChI is InChI=1S/C13H28N4O2S2.HI/c1-13(2,20-4)11-16-12(14-3)15-5-6-17-7-9-21(18,19)10-8-17;/h5-11H2,1-4H3,(H2,14,15,16);1H. The number of nitrogens with one attached hydrogen (secondary N) is 2. The third-order valence-corrected chi connectivity index (χ3v) is 6.47. The summed E-state index contributed by atoms with van der Waals surface area (Å²) in [7, 11) is -1.03. The van der Waals surface area contributed by atoms with Gasteiger partial charge in [0.2, 0.25) is 0 Å². The lowest BCUT2D eigenvalue weighted by Gasteiger charge is -2.27. The summed E-state index contributed by atoms with van der Waals surface area (Å²) >= 11 is 1.82. The molecule has 0 saturated carbocycles. The molecule has 0 amide bonds. The van der Waals surface area contributed by atoms with E-state index in [9.17, 15) is 8.42 Å². The minimum atomic E-state index is -2.79. The fourth-order valence-electron chi connectivity index (χ4n) is 1.90. The van der Waals surface area contributed by atoms with Crippen LogP contribution in [0.1, 0.15) is 13.8 Å². The Morgan fingerprint density at radius 3 is 2.36 bits per heavy atom. The van der Waals surface area contributed by atoms with Crippen molar-refractivity contribution in [3.8, 4) is 0 Å². The van der Waals surface area contributed by atoms with Gasteiger partial charge in [-0.1, -0.05) is 0 Å². The highest BCUT2D eigenvalue weighted by Crippen LogP contribution is 2.19. The van der Waals surface area contributed by atoms with E-state index in [2.05, 4.69) is 40.6 Å². The number of thioether (sulfide) groups is 1. The lowest BCUT2D eigenvalue weighted by molar-refractivity contribution is 0.299. The normalized spacial score (nSPS) is 19.4. The maximum Gasteiger partial charge on any atom is 0.191 e. The first-order valence-electron chi connectivity index (χ1n) is 7.20. The summed E-state index contributed by atoms with van der Waals surface area (Å²) in [6.45, 7) is 8.08. The molecule has 6 nitrogen and oxygen atoms in total. The van der Waals surface area contributed by atoms with E-state index in [0.29, 0.717) is 13.1 Å². The SMILES string of the molecule is CN=C(NCCN1CCS(=O)(=O)CC1)NCC(C)(C)SC.I. The molecule has 0 aromatic heterocycles. The predicted octanol–water partition coefficient (Wildman–Crippen LogP) is 0.641. The molecule has 1 saturated heterocycles.